The van der Waals surface area contributed by atoms with E-state index >= 15 is 0 Å². The maximum Gasteiger partial charge on any atom is 0.278 e. The molecule has 0 radical (unpaired) electrons. The second-order valence-corrected chi connectivity index (χ2v) is 8.20. The molecule has 0 unspecified atom stereocenters. The second-order valence-electron chi connectivity index (χ2n) is 8.20. The van der Waals surface area contributed by atoms with E-state index < -0.39 is 0 Å². The van der Waals surface area contributed by atoms with Crippen LogP contribution < -0.4 is 9.64 Å². The van der Waals surface area contributed by atoms with Gasteiger partial charge in [0.1, 0.15) is 11.5 Å². The summed E-state index contributed by atoms with van der Waals surface area (Å²) in [5.41, 5.74) is 5.54. The van der Waals surface area contributed by atoms with E-state index in [0.717, 1.165) is 29.1 Å². The molecule has 1 atom stereocenters. The van der Waals surface area contributed by atoms with Crippen molar-refractivity contribution in [1.29, 1.82) is 0 Å². The van der Waals surface area contributed by atoms with Gasteiger partial charge in [-0.1, -0.05) is 18.6 Å². The number of benzene rings is 2. The van der Waals surface area contributed by atoms with Crippen LogP contribution in [0.2, 0.25) is 0 Å². The molecule has 0 bridgehead atoms. The van der Waals surface area contributed by atoms with Gasteiger partial charge < -0.3 is 9.64 Å². The SMILES string of the molecule is CCOc1ccc(N=C2C(=O)N3c4c2cc(C)cc4[C@H](C)CC3(C)C)cc1. The van der Waals surface area contributed by atoms with E-state index in [2.05, 4.69) is 39.8 Å². The van der Waals surface area contributed by atoms with E-state index in [9.17, 15) is 4.79 Å². The Morgan fingerprint density at radius 2 is 1.93 bits per heavy atom. The monoisotopic (exact) mass is 362 g/mol. The molecule has 2 aromatic carbocycles. The fourth-order valence-electron chi connectivity index (χ4n) is 4.48. The zero-order valence-electron chi connectivity index (χ0n) is 16.7. The highest BCUT2D eigenvalue weighted by Gasteiger charge is 2.47. The maximum atomic E-state index is 13.4. The normalized spacial score (nSPS) is 21.5. The summed E-state index contributed by atoms with van der Waals surface area (Å²) in [6.07, 6.45) is 0.949. The highest BCUT2D eigenvalue weighted by atomic mass is 16.5. The molecule has 140 valence electrons. The number of hydrogen-bond donors (Lipinski definition) is 0. The van der Waals surface area contributed by atoms with Crippen LogP contribution in [-0.4, -0.2) is 23.8 Å². The quantitative estimate of drug-likeness (QED) is 0.758. The molecular weight excluding hydrogens is 336 g/mol. The van der Waals surface area contributed by atoms with E-state index in [-0.39, 0.29) is 11.4 Å². The molecular formula is C23H26N2O2. The van der Waals surface area contributed by atoms with Crippen LogP contribution in [0.1, 0.15) is 56.7 Å². The highest BCUT2D eigenvalue weighted by molar-refractivity contribution is 6.55. The molecule has 0 fully saturated rings. The predicted octanol–water partition coefficient (Wildman–Crippen LogP) is 5.15. The Morgan fingerprint density at radius 3 is 2.59 bits per heavy atom. The molecule has 0 aliphatic carbocycles. The molecule has 4 heteroatoms. The molecule has 0 saturated carbocycles. The van der Waals surface area contributed by atoms with Crippen LogP contribution in [0, 0.1) is 6.92 Å². The van der Waals surface area contributed by atoms with Gasteiger partial charge in [0.25, 0.3) is 5.91 Å². The third kappa shape index (κ3) is 2.84. The molecule has 2 aliphatic rings. The summed E-state index contributed by atoms with van der Waals surface area (Å²) in [6.45, 7) is 11.2. The van der Waals surface area contributed by atoms with E-state index in [0.29, 0.717) is 18.2 Å². The van der Waals surface area contributed by atoms with Crippen molar-refractivity contribution in [3.05, 3.63) is 53.1 Å². The molecule has 0 N–H and O–H groups in total. The van der Waals surface area contributed by atoms with E-state index in [1.807, 2.05) is 36.1 Å². The van der Waals surface area contributed by atoms with Crippen molar-refractivity contribution < 1.29 is 9.53 Å². The highest BCUT2D eigenvalue weighted by Crippen LogP contribution is 2.49. The number of aliphatic imine (C=N–C) groups is 1. The lowest BCUT2D eigenvalue weighted by atomic mass is 9.80. The van der Waals surface area contributed by atoms with Crippen molar-refractivity contribution in [3.8, 4) is 5.75 Å². The van der Waals surface area contributed by atoms with Gasteiger partial charge in [0.2, 0.25) is 0 Å². The van der Waals surface area contributed by atoms with Crippen LogP contribution in [0.25, 0.3) is 0 Å². The number of amides is 1. The fourth-order valence-corrected chi connectivity index (χ4v) is 4.48. The average Bonchev–Trinajstić information content (AvgIpc) is 2.88. The van der Waals surface area contributed by atoms with Gasteiger partial charge in [-0.05, 0) is 75.9 Å². The molecule has 1 amide bonds. The molecule has 0 spiro atoms. The van der Waals surface area contributed by atoms with E-state index in [4.69, 9.17) is 9.73 Å². The van der Waals surface area contributed by atoms with Crippen LogP contribution in [0.3, 0.4) is 0 Å². The van der Waals surface area contributed by atoms with E-state index in [1.54, 1.807) is 0 Å². The summed E-state index contributed by atoms with van der Waals surface area (Å²) in [5, 5.41) is 0. The van der Waals surface area contributed by atoms with Crippen molar-refractivity contribution in [2.75, 3.05) is 11.5 Å². The predicted molar refractivity (Wildman–Crippen MR) is 110 cm³/mol. The first-order chi connectivity index (χ1) is 12.8. The minimum atomic E-state index is -0.219. The Labute approximate surface area is 160 Å². The number of ether oxygens (including phenoxy) is 1. The molecule has 2 heterocycles. The molecule has 4 rings (SSSR count). The van der Waals surface area contributed by atoms with Gasteiger partial charge >= 0.3 is 0 Å². The van der Waals surface area contributed by atoms with E-state index in [1.165, 1.54) is 11.1 Å². The summed E-state index contributed by atoms with van der Waals surface area (Å²) >= 11 is 0. The summed E-state index contributed by atoms with van der Waals surface area (Å²) in [4.78, 5) is 20.1. The van der Waals surface area contributed by atoms with Crippen molar-refractivity contribution >= 4 is 23.0 Å². The molecule has 2 aromatic rings. The number of hydrogen-bond acceptors (Lipinski definition) is 3. The van der Waals surface area contributed by atoms with Gasteiger partial charge in [0, 0.05) is 11.1 Å². The lowest BCUT2D eigenvalue weighted by molar-refractivity contribution is -0.113. The zero-order valence-corrected chi connectivity index (χ0v) is 16.7. The van der Waals surface area contributed by atoms with Crippen LogP contribution in [-0.2, 0) is 4.79 Å². The van der Waals surface area contributed by atoms with Crippen molar-refractivity contribution in [3.63, 3.8) is 0 Å². The Balaban J connectivity index is 1.85. The van der Waals surface area contributed by atoms with Crippen LogP contribution in [0.4, 0.5) is 11.4 Å². The third-order valence-corrected chi connectivity index (χ3v) is 5.50. The number of aryl methyl sites for hydroxylation is 1. The molecule has 0 aromatic heterocycles. The first-order valence-electron chi connectivity index (χ1n) is 9.63. The number of rotatable bonds is 3. The van der Waals surface area contributed by atoms with Crippen LogP contribution in [0.5, 0.6) is 5.75 Å². The van der Waals surface area contributed by atoms with Gasteiger partial charge in [-0.3, -0.25) is 4.79 Å². The van der Waals surface area contributed by atoms with Crippen molar-refractivity contribution in [2.24, 2.45) is 4.99 Å². The minimum Gasteiger partial charge on any atom is -0.494 e. The number of carbonyl (C=O) groups is 1. The molecule has 27 heavy (non-hydrogen) atoms. The van der Waals surface area contributed by atoms with Gasteiger partial charge in [-0.25, -0.2) is 4.99 Å². The minimum absolute atomic E-state index is 0.00244. The number of nitrogens with zero attached hydrogens (tertiary/aromatic N) is 2. The zero-order chi connectivity index (χ0) is 19.3. The summed E-state index contributed by atoms with van der Waals surface area (Å²) < 4.78 is 5.50. The summed E-state index contributed by atoms with van der Waals surface area (Å²) in [6, 6.07) is 11.9. The van der Waals surface area contributed by atoms with Gasteiger partial charge in [-0.15, -0.1) is 0 Å². The Hall–Kier alpha value is -2.62. The molecule has 0 saturated heterocycles. The number of carbonyl (C=O) groups excluding carboxylic acids is 1. The average molecular weight is 362 g/mol. The fraction of sp³-hybridized carbons (Fsp3) is 0.391. The van der Waals surface area contributed by atoms with Gasteiger partial charge in [0.05, 0.1) is 18.0 Å². The Kier molecular flexibility index (Phi) is 4.10. The third-order valence-electron chi connectivity index (χ3n) is 5.50. The molecule has 2 aliphatic heterocycles. The van der Waals surface area contributed by atoms with Crippen LogP contribution in [0.15, 0.2) is 41.4 Å². The lowest BCUT2D eigenvalue weighted by Crippen LogP contribution is -2.50. The first-order valence-corrected chi connectivity index (χ1v) is 9.63. The summed E-state index contributed by atoms with van der Waals surface area (Å²) in [5.74, 6) is 1.23. The topological polar surface area (TPSA) is 41.9 Å². The van der Waals surface area contributed by atoms with Gasteiger partial charge in [-0.2, -0.15) is 0 Å². The maximum absolute atomic E-state index is 13.4. The van der Waals surface area contributed by atoms with Crippen molar-refractivity contribution in [1.82, 2.24) is 0 Å². The standard InChI is InChI=1S/C23H26N2O2/c1-6-27-17-9-7-16(8-10-17)24-20-19-12-14(2)11-18-15(3)13-23(4,5)25(21(18)19)22(20)26/h7-12,15H,6,13H2,1-5H3/t15-/m1/s1. The number of anilines is 1. The van der Waals surface area contributed by atoms with Crippen LogP contribution >= 0.6 is 0 Å². The Morgan fingerprint density at radius 1 is 1.22 bits per heavy atom. The van der Waals surface area contributed by atoms with Crippen molar-refractivity contribution in [2.45, 2.75) is 52.5 Å². The Bertz CT molecular complexity index is 942. The van der Waals surface area contributed by atoms with Gasteiger partial charge in [0.15, 0.2) is 0 Å². The first kappa shape index (κ1) is 17.8. The molecule has 4 nitrogen and oxygen atoms in total. The largest absolute Gasteiger partial charge is 0.494 e. The smallest absolute Gasteiger partial charge is 0.278 e. The second kappa shape index (κ2) is 6.22. The summed E-state index contributed by atoms with van der Waals surface area (Å²) in [7, 11) is 0. The lowest BCUT2D eigenvalue weighted by Gasteiger charge is -2.43.